The number of nitrogens with one attached hydrogen (secondary N) is 1. The Kier molecular flexibility index (Phi) is 6.01. The van der Waals surface area contributed by atoms with Crippen molar-refractivity contribution in [2.45, 2.75) is 84.1 Å². The summed E-state index contributed by atoms with van der Waals surface area (Å²) in [6.07, 6.45) is 14.7. The SMILES string of the molecule is CC1CCCC(CN[C@H](C)C2CCCCCC2)C1. The Hall–Kier alpha value is -0.0400. The predicted molar refractivity (Wildman–Crippen MR) is 79.8 cm³/mol. The van der Waals surface area contributed by atoms with E-state index in [1.165, 1.54) is 70.8 Å². The fourth-order valence-corrected chi connectivity index (χ4v) is 4.08. The summed E-state index contributed by atoms with van der Waals surface area (Å²) < 4.78 is 0. The molecule has 0 aromatic rings. The molecule has 2 unspecified atom stereocenters. The summed E-state index contributed by atoms with van der Waals surface area (Å²) in [5, 5.41) is 3.87. The Balaban J connectivity index is 1.68. The van der Waals surface area contributed by atoms with Crippen LogP contribution in [0.5, 0.6) is 0 Å². The zero-order chi connectivity index (χ0) is 12.8. The van der Waals surface area contributed by atoms with Crippen molar-refractivity contribution < 1.29 is 0 Å². The minimum atomic E-state index is 0.750. The molecule has 2 rings (SSSR count). The zero-order valence-electron chi connectivity index (χ0n) is 12.6. The Morgan fingerprint density at radius 3 is 2.33 bits per heavy atom. The minimum Gasteiger partial charge on any atom is -0.314 e. The number of hydrogen-bond donors (Lipinski definition) is 1. The van der Waals surface area contributed by atoms with Crippen molar-refractivity contribution in [1.29, 1.82) is 0 Å². The normalized spacial score (nSPS) is 33.0. The van der Waals surface area contributed by atoms with Crippen LogP contribution in [-0.2, 0) is 0 Å². The van der Waals surface area contributed by atoms with E-state index in [1.54, 1.807) is 0 Å². The average Bonchev–Trinajstić information content (AvgIpc) is 2.65. The molecule has 1 heteroatoms. The molecule has 0 amide bonds. The summed E-state index contributed by atoms with van der Waals surface area (Å²) >= 11 is 0. The third-order valence-electron chi connectivity index (χ3n) is 5.38. The van der Waals surface area contributed by atoms with Gasteiger partial charge in [-0.1, -0.05) is 45.4 Å². The number of rotatable bonds is 4. The van der Waals surface area contributed by atoms with Gasteiger partial charge in [0.25, 0.3) is 0 Å². The van der Waals surface area contributed by atoms with Crippen LogP contribution in [-0.4, -0.2) is 12.6 Å². The van der Waals surface area contributed by atoms with Gasteiger partial charge in [0, 0.05) is 6.04 Å². The maximum atomic E-state index is 3.87. The quantitative estimate of drug-likeness (QED) is 0.710. The van der Waals surface area contributed by atoms with Gasteiger partial charge in [-0.05, 0) is 56.9 Å². The lowest BCUT2D eigenvalue weighted by atomic mass is 9.82. The topological polar surface area (TPSA) is 12.0 Å². The highest BCUT2D eigenvalue weighted by molar-refractivity contribution is 4.78. The molecule has 2 fully saturated rings. The molecule has 2 aliphatic carbocycles. The van der Waals surface area contributed by atoms with E-state index in [0.29, 0.717) is 0 Å². The Morgan fingerprint density at radius 2 is 1.67 bits per heavy atom. The molecular formula is C17H33N. The Labute approximate surface area is 114 Å². The van der Waals surface area contributed by atoms with E-state index in [1.807, 2.05) is 0 Å². The molecule has 18 heavy (non-hydrogen) atoms. The molecule has 106 valence electrons. The highest BCUT2D eigenvalue weighted by Crippen LogP contribution is 2.29. The Morgan fingerprint density at radius 1 is 0.944 bits per heavy atom. The summed E-state index contributed by atoms with van der Waals surface area (Å²) in [6, 6.07) is 0.750. The summed E-state index contributed by atoms with van der Waals surface area (Å²) in [7, 11) is 0. The van der Waals surface area contributed by atoms with E-state index in [-0.39, 0.29) is 0 Å². The fraction of sp³-hybridized carbons (Fsp3) is 1.00. The van der Waals surface area contributed by atoms with E-state index in [2.05, 4.69) is 19.2 Å². The maximum Gasteiger partial charge on any atom is 0.00671 e. The van der Waals surface area contributed by atoms with Gasteiger partial charge in [-0.25, -0.2) is 0 Å². The van der Waals surface area contributed by atoms with Crippen LogP contribution in [0.3, 0.4) is 0 Å². The van der Waals surface area contributed by atoms with Crippen molar-refractivity contribution >= 4 is 0 Å². The van der Waals surface area contributed by atoms with Crippen molar-refractivity contribution in [2.24, 2.45) is 17.8 Å². The van der Waals surface area contributed by atoms with Gasteiger partial charge in [0.05, 0.1) is 0 Å². The molecule has 1 N–H and O–H groups in total. The van der Waals surface area contributed by atoms with E-state index in [0.717, 1.165) is 23.8 Å². The standard InChI is InChI=1S/C17H33N/c1-14-8-7-9-16(12-14)13-18-15(2)17-10-5-3-4-6-11-17/h14-18H,3-13H2,1-2H3/t14?,15-,16?/m1/s1. The summed E-state index contributed by atoms with van der Waals surface area (Å²) in [4.78, 5) is 0. The van der Waals surface area contributed by atoms with E-state index in [4.69, 9.17) is 0 Å². The lowest BCUT2D eigenvalue weighted by Gasteiger charge is -2.30. The Bertz CT molecular complexity index is 218. The molecular weight excluding hydrogens is 218 g/mol. The van der Waals surface area contributed by atoms with Gasteiger partial charge >= 0.3 is 0 Å². The molecule has 1 nitrogen and oxygen atoms in total. The third-order valence-corrected chi connectivity index (χ3v) is 5.38. The summed E-state index contributed by atoms with van der Waals surface area (Å²) in [5.74, 6) is 2.88. The molecule has 3 atom stereocenters. The first-order valence-electron chi connectivity index (χ1n) is 8.49. The molecule has 0 aromatic heterocycles. The van der Waals surface area contributed by atoms with Gasteiger partial charge in [0.15, 0.2) is 0 Å². The van der Waals surface area contributed by atoms with E-state index in [9.17, 15) is 0 Å². The first-order chi connectivity index (χ1) is 8.75. The van der Waals surface area contributed by atoms with Gasteiger partial charge in [0.1, 0.15) is 0 Å². The fourth-order valence-electron chi connectivity index (χ4n) is 4.08. The van der Waals surface area contributed by atoms with Crippen LogP contribution in [0.1, 0.15) is 78.1 Å². The van der Waals surface area contributed by atoms with Crippen LogP contribution >= 0.6 is 0 Å². The van der Waals surface area contributed by atoms with Crippen LogP contribution in [0.25, 0.3) is 0 Å². The second kappa shape index (κ2) is 7.53. The molecule has 0 saturated heterocycles. The monoisotopic (exact) mass is 251 g/mol. The van der Waals surface area contributed by atoms with Gasteiger partial charge < -0.3 is 5.32 Å². The molecule has 0 aromatic carbocycles. The number of hydrogen-bond acceptors (Lipinski definition) is 1. The van der Waals surface area contributed by atoms with Gasteiger partial charge in [-0.2, -0.15) is 0 Å². The molecule has 0 bridgehead atoms. The maximum absolute atomic E-state index is 3.87. The highest BCUT2D eigenvalue weighted by Gasteiger charge is 2.22. The van der Waals surface area contributed by atoms with E-state index < -0.39 is 0 Å². The minimum absolute atomic E-state index is 0.750. The highest BCUT2D eigenvalue weighted by atomic mass is 14.9. The van der Waals surface area contributed by atoms with Crippen molar-refractivity contribution in [2.75, 3.05) is 6.54 Å². The van der Waals surface area contributed by atoms with Crippen molar-refractivity contribution in [1.82, 2.24) is 5.32 Å². The molecule has 0 aliphatic heterocycles. The zero-order valence-corrected chi connectivity index (χ0v) is 12.6. The van der Waals surface area contributed by atoms with Crippen LogP contribution in [0.4, 0.5) is 0 Å². The molecule has 2 aliphatic rings. The van der Waals surface area contributed by atoms with Crippen molar-refractivity contribution in [3.05, 3.63) is 0 Å². The van der Waals surface area contributed by atoms with Crippen LogP contribution in [0.15, 0.2) is 0 Å². The van der Waals surface area contributed by atoms with Gasteiger partial charge in [-0.15, -0.1) is 0 Å². The molecule has 0 radical (unpaired) electrons. The largest absolute Gasteiger partial charge is 0.314 e. The second-order valence-corrected chi connectivity index (χ2v) is 7.09. The lowest BCUT2D eigenvalue weighted by molar-refractivity contribution is 0.250. The predicted octanol–water partition coefficient (Wildman–Crippen LogP) is 4.76. The second-order valence-electron chi connectivity index (χ2n) is 7.09. The lowest BCUT2D eigenvalue weighted by Crippen LogP contribution is -2.37. The molecule has 2 saturated carbocycles. The van der Waals surface area contributed by atoms with Crippen molar-refractivity contribution in [3.8, 4) is 0 Å². The van der Waals surface area contributed by atoms with Crippen LogP contribution < -0.4 is 5.32 Å². The van der Waals surface area contributed by atoms with Gasteiger partial charge in [-0.3, -0.25) is 0 Å². The first-order valence-corrected chi connectivity index (χ1v) is 8.49. The van der Waals surface area contributed by atoms with Crippen molar-refractivity contribution in [3.63, 3.8) is 0 Å². The molecule has 0 heterocycles. The van der Waals surface area contributed by atoms with E-state index >= 15 is 0 Å². The average molecular weight is 251 g/mol. The van der Waals surface area contributed by atoms with Crippen LogP contribution in [0.2, 0.25) is 0 Å². The smallest absolute Gasteiger partial charge is 0.00671 e. The van der Waals surface area contributed by atoms with Crippen LogP contribution in [0, 0.1) is 17.8 Å². The first kappa shape index (κ1) is 14.4. The summed E-state index contributed by atoms with van der Waals surface area (Å²) in [5.41, 5.74) is 0. The summed E-state index contributed by atoms with van der Waals surface area (Å²) in [6.45, 7) is 6.14. The third kappa shape index (κ3) is 4.57. The molecule has 0 spiro atoms. The van der Waals surface area contributed by atoms with Gasteiger partial charge in [0.2, 0.25) is 0 Å².